The molecule has 0 heterocycles. The molecule has 0 aromatic rings. The summed E-state index contributed by atoms with van der Waals surface area (Å²) in [6, 6.07) is 0. The summed E-state index contributed by atoms with van der Waals surface area (Å²) < 4.78 is 5.25. The SMILES string of the molecule is CC(C)(C)N(CCCO)C(=O)OC1CC1. The Morgan fingerprint density at radius 2 is 2.07 bits per heavy atom. The second-order valence-electron chi connectivity index (χ2n) is 4.98. The van der Waals surface area contributed by atoms with Gasteiger partial charge in [0, 0.05) is 18.7 Å². The van der Waals surface area contributed by atoms with Crippen molar-refractivity contribution in [2.45, 2.75) is 51.7 Å². The normalized spacial score (nSPS) is 16.3. The highest BCUT2D eigenvalue weighted by molar-refractivity contribution is 5.69. The average molecular weight is 215 g/mol. The van der Waals surface area contributed by atoms with Gasteiger partial charge in [-0.1, -0.05) is 0 Å². The molecule has 1 aliphatic carbocycles. The molecule has 1 aliphatic rings. The van der Waals surface area contributed by atoms with Crippen LogP contribution >= 0.6 is 0 Å². The zero-order valence-electron chi connectivity index (χ0n) is 9.82. The first kappa shape index (κ1) is 12.3. The van der Waals surface area contributed by atoms with Crippen molar-refractivity contribution in [2.75, 3.05) is 13.2 Å². The van der Waals surface area contributed by atoms with Crippen LogP contribution in [0.25, 0.3) is 0 Å². The van der Waals surface area contributed by atoms with E-state index in [4.69, 9.17) is 9.84 Å². The topological polar surface area (TPSA) is 49.8 Å². The predicted molar refractivity (Wildman–Crippen MR) is 57.7 cm³/mol. The molecule has 0 aromatic carbocycles. The fraction of sp³-hybridized carbons (Fsp3) is 0.909. The van der Waals surface area contributed by atoms with Crippen molar-refractivity contribution in [2.24, 2.45) is 0 Å². The van der Waals surface area contributed by atoms with Crippen LogP contribution in [0.4, 0.5) is 4.79 Å². The van der Waals surface area contributed by atoms with Crippen molar-refractivity contribution < 1.29 is 14.6 Å². The molecule has 1 fully saturated rings. The zero-order valence-corrected chi connectivity index (χ0v) is 9.82. The van der Waals surface area contributed by atoms with E-state index in [1.807, 2.05) is 20.8 Å². The molecule has 0 bridgehead atoms. The minimum absolute atomic E-state index is 0.100. The van der Waals surface area contributed by atoms with Gasteiger partial charge in [-0.3, -0.25) is 0 Å². The molecule has 1 N–H and O–H groups in total. The van der Waals surface area contributed by atoms with Crippen molar-refractivity contribution in [3.63, 3.8) is 0 Å². The molecule has 0 spiro atoms. The summed E-state index contributed by atoms with van der Waals surface area (Å²) >= 11 is 0. The van der Waals surface area contributed by atoms with Gasteiger partial charge in [0.15, 0.2) is 0 Å². The number of aliphatic hydroxyl groups excluding tert-OH is 1. The van der Waals surface area contributed by atoms with Gasteiger partial charge >= 0.3 is 6.09 Å². The standard InChI is InChI=1S/C11H21NO3/c1-11(2,3)12(7-4-8-13)10(14)15-9-5-6-9/h9,13H,4-8H2,1-3H3. The van der Waals surface area contributed by atoms with Gasteiger partial charge < -0.3 is 14.7 Å². The number of nitrogens with zero attached hydrogens (tertiary/aromatic N) is 1. The zero-order chi connectivity index (χ0) is 11.5. The Labute approximate surface area is 91.2 Å². The third-order valence-electron chi connectivity index (χ3n) is 2.36. The molecule has 1 rings (SSSR count). The van der Waals surface area contributed by atoms with E-state index in [2.05, 4.69) is 0 Å². The van der Waals surface area contributed by atoms with Crippen molar-refractivity contribution in [1.82, 2.24) is 4.90 Å². The molecule has 1 saturated carbocycles. The van der Waals surface area contributed by atoms with Gasteiger partial charge in [0.1, 0.15) is 6.10 Å². The van der Waals surface area contributed by atoms with Crippen molar-refractivity contribution >= 4 is 6.09 Å². The Hall–Kier alpha value is -0.770. The molecular formula is C11H21NO3. The number of aliphatic hydroxyl groups is 1. The lowest BCUT2D eigenvalue weighted by molar-refractivity contribution is 0.0596. The highest BCUT2D eigenvalue weighted by atomic mass is 16.6. The number of ether oxygens (including phenoxy) is 1. The van der Waals surface area contributed by atoms with Gasteiger partial charge in [0.2, 0.25) is 0 Å². The van der Waals surface area contributed by atoms with Crippen LogP contribution in [-0.2, 0) is 4.74 Å². The van der Waals surface area contributed by atoms with Crippen LogP contribution in [0.1, 0.15) is 40.0 Å². The molecule has 4 heteroatoms. The maximum atomic E-state index is 11.8. The van der Waals surface area contributed by atoms with E-state index in [9.17, 15) is 4.79 Å². The first-order chi connectivity index (χ1) is 6.95. The summed E-state index contributed by atoms with van der Waals surface area (Å²) in [6.45, 7) is 6.56. The molecule has 1 amide bonds. The monoisotopic (exact) mass is 215 g/mol. The molecule has 0 radical (unpaired) electrons. The number of rotatable bonds is 4. The van der Waals surface area contributed by atoms with Crippen LogP contribution in [0, 0.1) is 0 Å². The van der Waals surface area contributed by atoms with E-state index in [0.717, 1.165) is 12.8 Å². The molecule has 0 saturated heterocycles. The van der Waals surface area contributed by atoms with Gasteiger partial charge in [0.25, 0.3) is 0 Å². The first-order valence-corrected chi connectivity index (χ1v) is 5.54. The van der Waals surface area contributed by atoms with Crippen LogP contribution in [-0.4, -0.2) is 40.9 Å². The van der Waals surface area contributed by atoms with Gasteiger partial charge in [0.05, 0.1) is 0 Å². The van der Waals surface area contributed by atoms with Gasteiger partial charge in [-0.15, -0.1) is 0 Å². The maximum absolute atomic E-state index is 11.8. The molecule has 88 valence electrons. The smallest absolute Gasteiger partial charge is 0.410 e. The van der Waals surface area contributed by atoms with Crippen molar-refractivity contribution in [3.05, 3.63) is 0 Å². The Balaban J connectivity index is 2.49. The van der Waals surface area contributed by atoms with Crippen LogP contribution in [0.3, 0.4) is 0 Å². The second-order valence-corrected chi connectivity index (χ2v) is 4.98. The summed E-state index contributed by atoms with van der Waals surface area (Å²) in [5.74, 6) is 0. The van der Waals surface area contributed by atoms with Crippen molar-refractivity contribution in [1.29, 1.82) is 0 Å². The lowest BCUT2D eigenvalue weighted by Gasteiger charge is -2.34. The lowest BCUT2D eigenvalue weighted by atomic mass is 10.1. The van der Waals surface area contributed by atoms with E-state index >= 15 is 0 Å². The average Bonchev–Trinajstić information content (AvgIpc) is 2.86. The minimum atomic E-state index is -0.251. The van der Waals surface area contributed by atoms with Crippen LogP contribution in [0.15, 0.2) is 0 Å². The Bertz CT molecular complexity index is 218. The van der Waals surface area contributed by atoms with Crippen LogP contribution in [0.5, 0.6) is 0 Å². The molecule has 0 atom stereocenters. The molecule has 0 aliphatic heterocycles. The molecular weight excluding hydrogens is 194 g/mol. The van der Waals surface area contributed by atoms with Gasteiger partial charge in [-0.2, -0.15) is 0 Å². The van der Waals surface area contributed by atoms with E-state index in [-0.39, 0.29) is 24.3 Å². The number of hydrogen-bond acceptors (Lipinski definition) is 3. The number of hydrogen-bond donors (Lipinski definition) is 1. The second kappa shape index (κ2) is 4.84. The quantitative estimate of drug-likeness (QED) is 0.777. The van der Waals surface area contributed by atoms with E-state index in [0.29, 0.717) is 13.0 Å². The summed E-state index contributed by atoms with van der Waals surface area (Å²) in [5.41, 5.74) is -0.249. The number of amides is 1. The van der Waals surface area contributed by atoms with Crippen LogP contribution in [0.2, 0.25) is 0 Å². The highest BCUT2D eigenvalue weighted by Gasteiger charge is 2.32. The van der Waals surface area contributed by atoms with E-state index < -0.39 is 0 Å². The summed E-state index contributed by atoms with van der Waals surface area (Å²) in [5, 5.41) is 8.78. The van der Waals surface area contributed by atoms with Gasteiger partial charge in [-0.05, 0) is 40.0 Å². The number of carbonyl (C=O) groups excluding carboxylic acids is 1. The summed E-state index contributed by atoms with van der Waals surface area (Å²) in [7, 11) is 0. The highest BCUT2D eigenvalue weighted by Crippen LogP contribution is 2.26. The fourth-order valence-electron chi connectivity index (χ4n) is 1.32. The van der Waals surface area contributed by atoms with Crippen molar-refractivity contribution in [3.8, 4) is 0 Å². The fourth-order valence-corrected chi connectivity index (χ4v) is 1.32. The minimum Gasteiger partial charge on any atom is -0.446 e. The molecule has 4 nitrogen and oxygen atoms in total. The lowest BCUT2D eigenvalue weighted by Crippen LogP contribution is -2.46. The third-order valence-corrected chi connectivity index (χ3v) is 2.36. The maximum Gasteiger partial charge on any atom is 0.410 e. The first-order valence-electron chi connectivity index (χ1n) is 5.54. The third kappa shape index (κ3) is 4.08. The van der Waals surface area contributed by atoms with Gasteiger partial charge in [-0.25, -0.2) is 4.79 Å². The number of carbonyl (C=O) groups is 1. The van der Waals surface area contributed by atoms with E-state index in [1.165, 1.54) is 0 Å². The largest absolute Gasteiger partial charge is 0.446 e. The Kier molecular flexibility index (Phi) is 3.97. The molecule has 0 unspecified atom stereocenters. The Morgan fingerprint density at radius 3 is 2.47 bits per heavy atom. The predicted octanol–water partition coefficient (Wildman–Crippen LogP) is 1.77. The molecule has 15 heavy (non-hydrogen) atoms. The summed E-state index contributed by atoms with van der Waals surface area (Å²) in [6.07, 6.45) is 2.46. The Morgan fingerprint density at radius 1 is 1.47 bits per heavy atom. The van der Waals surface area contributed by atoms with E-state index in [1.54, 1.807) is 4.90 Å². The summed E-state index contributed by atoms with van der Waals surface area (Å²) in [4.78, 5) is 13.5. The molecule has 0 aromatic heterocycles. The van der Waals surface area contributed by atoms with Crippen LogP contribution < -0.4 is 0 Å².